The third kappa shape index (κ3) is 1.75. The maximum Gasteiger partial charge on any atom is 0.0700 e. The van der Waals surface area contributed by atoms with Gasteiger partial charge in [-0.1, -0.05) is 13.0 Å². The number of rotatable bonds is 3. The Bertz CT molecular complexity index is 471. The minimum atomic E-state index is 0.702. The van der Waals surface area contributed by atoms with Crippen molar-refractivity contribution in [1.82, 2.24) is 9.78 Å². The van der Waals surface area contributed by atoms with Gasteiger partial charge in [-0.3, -0.25) is 4.68 Å². The molecule has 0 atom stereocenters. The van der Waals surface area contributed by atoms with E-state index in [9.17, 15) is 0 Å². The van der Waals surface area contributed by atoms with Crippen LogP contribution in [0.4, 0.5) is 0 Å². The van der Waals surface area contributed by atoms with Crippen molar-refractivity contribution in [2.24, 2.45) is 12.8 Å². The molecule has 0 spiro atoms. The molecule has 0 unspecified atom stereocenters. The van der Waals surface area contributed by atoms with E-state index in [1.165, 1.54) is 22.2 Å². The van der Waals surface area contributed by atoms with Crippen LogP contribution in [-0.2, 0) is 19.9 Å². The van der Waals surface area contributed by atoms with E-state index in [-0.39, 0.29) is 0 Å². The molecule has 1 aromatic carbocycles. The fourth-order valence-corrected chi connectivity index (χ4v) is 1.97. The average molecular weight is 203 g/mol. The number of aryl methyl sites for hydroxylation is 2. The van der Waals surface area contributed by atoms with Gasteiger partial charge in [0.05, 0.1) is 11.2 Å². The fraction of sp³-hybridized carbons (Fsp3) is 0.417. The quantitative estimate of drug-likeness (QED) is 0.824. The summed E-state index contributed by atoms with van der Waals surface area (Å²) in [5, 5.41) is 5.76. The summed E-state index contributed by atoms with van der Waals surface area (Å²) in [6, 6.07) is 6.48. The number of hydrogen-bond acceptors (Lipinski definition) is 2. The van der Waals surface area contributed by atoms with Crippen LogP contribution in [0.2, 0.25) is 0 Å². The Morgan fingerprint density at radius 1 is 1.40 bits per heavy atom. The lowest BCUT2D eigenvalue weighted by Crippen LogP contribution is -2.02. The molecule has 0 saturated carbocycles. The maximum atomic E-state index is 5.56. The molecule has 0 radical (unpaired) electrons. The van der Waals surface area contributed by atoms with Gasteiger partial charge in [0.2, 0.25) is 0 Å². The molecule has 0 aliphatic carbocycles. The smallest absolute Gasteiger partial charge is 0.0700 e. The number of hydrogen-bond donors (Lipinski definition) is 1. The minimum absolute atomic E-state index is 0.702. The molecule has 2 aromatic rings. The highest BCUT2D eigenvalue weighted by molar-refractivity contribution is 5.82. The summed E-state index contributed by atoms with van der Waals surface area (Å²) in [5.74, 6) is 0. The van der Waals surface area contributed by atoms with Gasteiger partial charge in [-0.2, -0.15) is 5.10 Å². The third-order valence-electron chi connectivity index (χ3n) is 2.76. The number of nitrogens with zero attached hydrogens (tertiary/aromatic N) is 2. The highest BCUT2D eigenvalue weighted by Gasteiger charge is 2.06. The number of aromatic nitrogens is 2. The number of nitrogens with two attached hydrogens (primary N) is 1. The van der Waals surface area contributed by atoms with E-state index in [1.54, 1.807) is 0 Å². The molecule has 0 fully saturated rings. The van der Waals surface area contributed by atoms with Crippen LogP contribution in [0.3, 0.4) is 0 Å². The zero-order chi connectivity index (χ0) is 10.8. The molecule has 2 N–H and O–H groups in total. The Labute approximate surface area is 89.9 Å². The predicted molar refractivity (Wildman–Crippen MR) is 62.9 cm³/mol. The van der Waals surface area contributed by atoms with Crippen molar-refractivity contribution in [3.8, 4) is 0 Å². The molecule has 15 heavy (non-hydrogen) atoms. The first kappa shape index (κ1) is 10.2. The summed E-state index contributed by atoms with van der Waals surface area (Å²) in [5.41, 5.74) is 9.23. The van der Waals surface area contributed by atoms with Crippen molar-refractivity contribution in [2.75, 3.05) is 6.54 Å². The van der Waals surface area contributed by atoms with Crippen LogP contribution < -0.4 is 5.73 Å². The summed E-state index contributed by atoms with van der Waals surface area (Å²) >= 11 is 0. The second-order valence-electron chi connectivity index (χ2n) is 3.81. The molecular formula is C12H17N3. The molecule has 0 bridgehead atoms. The Hall–Kier alpha value is -1.35. The summed E-state index contributed by atoms with van der Waals surface area (Å²) in [7, 11) is 1.99. The second kappa shape index (κ2) is 4.03. The SMILES string of the molecule is CCc1nn(C)c2ccc(CCN)cc12. The van der Waals surface area contributed by atoms with E-state index in [1.807, 2.05) is 11.7 Å². The Morgan fingerprint density at radius 3 is 2.87 bits per heavy atom. The number of benzene rings is 1. The molecule has 2 rings (SSSR count). The fourth-order valence-electron chi connectivity index (χ4n) is 1.97. The molecule has 0 amide bonds. The molecule has 1 heterocycles. The zero-order valence-electron chi connectivity index (χ0n) is 9.33. The van der Waals surface area contributed by atoms with Crippen LogP contribution >= 0.6 is 0 Å². The molecule has 3 heteroatoms. The lowest BCUT2D eigenvalue weighted by atomic mass is 10.1. The summed E-state index contributed by atoms with van der Waals surface area (Å²) < 4.78 is 1.94. The van der Waals surface area contributed by atoms with Crippen LogP contribution in [0.25, 0.3) is 10.9 Å². The van der Waals surface area contributed by atoms with E-state index in [0.29, 0.717) is 6.54 Å². The molecule has 0 saturated heterocycles. The first-order valence-electron chi connectivity index (χ1n) is 5.40. The zero-order valence-corrected chi connectivity index (χ0v) is 9.33. The van der Waals surface area contributed by atoms with Crippen LogP contribution in [0.15, 0.2) is 18.2 Å². The molecule has 0 aliphatic heterocycles. The molecular weight excluding hydrogens is 186 g/mol. The molecule has 3 nitrogen and oxygen atoms in total. The Kier molecular flexibility index (Phi) is 2.73. The van der Waals surface area contributed by atoms with Crippen LogP contribution in [0.5, 0.6) is 0 Å². The summed E-state index contributed by atoms with van der Waals surface area (Å²) in [6.07, 6.45) is 1.91. The topological polar surface area (TPSA) is 43.8 Å². The van der Waals surface area contributed by atoms with Crippen molar-refractivity contribution < 1.29 is 0 Å². The highest BCUT2D eigenvalue weighted by Crippen LogP contribution is 2.20. The van der Waals surface area contributed by atoms with E-state index in [0.717, 1.165) is 12.8 Å². The van der Waals surface area contributed by atoms with Gasteiger partial charge in [0.15, 0.2) is 0 Å². The van der Waals surface area contributed by atoms with E-state index < -0.39 is 0 Å². The first-order chi connectivity index (χ1) is 7.26. The van der Waals surface area contributed by atoms with Crippen LogP contribution in [0, 0.1) is 0 Å². The van der Waals surface area contributed by atoms with Gasteiger partial charge in [-0.25, -0.2) is 0 Å². The van der Waals surface area contributed by atoms with Gasteiger partial charge >= 0.3 is 0 Å². The third-order valence-corrected chi connectivity index (χ3v) is 2.76. The van der Waals surface area contributed by atoms with Crippen molar-refractivity contribution in [3.63, 3.8) is 0 Å². The Morgan fingerprint density at radius 2 is 2.20 bits per heavy atom. The monoisotopic (exact) mass is 203 g/mol. The van der Waals surface area contributed by atoms with Gasteiger partial charge in [-0.05, 0) is 37.1 Å². The molecule has 80 valence electrons. The van der Waals surface area contributed by atoms with E-state index in [4.69, 9.17) is 5.73 Å². The van der Waals surface area contributed by atoms with Crippen molar-refractivity contribution in [3.05, 3.63) is 29.5 Å². The van der Waals surface area contributed by atoms with Gasteiger partial charge in [0, 0.05) is 12.4 Å². The van der Waals surface area contributed by atoms with Gasteiger partial charge in [-0.15, -0.1) is 0 Å². The van der Waals surface area contributed by atoms with Gasteiger partial charge < -0.3 is 5.73 Å². The second-order valence-corrected chi connectivity index (χ2v) is 3.81. The predicted octanol–water partition coefficient (Wildman–Crippen LogP) is 1.64. The van der Waals surface area contributed by atoms with Crippen molar-refractivity contribution in [1.29, 1.82) is 0 Å². The molecule has 0 aliphatic rings. The van der Waals surface area contributed by atoms with E-state index >= 15 is 0 Å². The Balaban J connectivity index is 2.58. The lowest BCUT2D eigenvalue weighted by molar-refractivity contribution is 0.770. The van der Waals surface area contributed by atoms with Crippen molar-refractivity contribution in [2.45, 2.75) is 19.8 Å². The van der Waals surface area contributed by atoms with Crippen LogP contribution in [0.1, 0.15) is 18.2 Å². The largest absolute Gasteiger partial charge is 0.330 e. The summed E-state index contributed by atoms with van der Waals surface area (Å²) in [6.45, 7) is 2.84. The van der Waals surface area contributed by atoms with E-state index in [2.05, 4.69) is 30.2 Å². The van der Waals surface area contributed by atoms with Crippen LogP contribution in [-0.4, -0.2) is 16.3 Å². The number of fused-ring (bicyclic) bond motifs is 1. The van der Waals surface area contributed by atoms with Gasteiger partial charge in [0.25, 0.3) is 0 Å². The van der Waals surface area contributed by atoms with Gasteiger partial charge in [0.1, 0.15) is 0 Å². The first-order valence-corrected chi connectivity index (χ1v) is 5.40. The standard InChI is InChI=1S/C12H17N3/c1-3-11-10-8-9(6-7-13)4-5-12(10)15(2)14-11/h4-5,8H,3,6-7,13H2,1-2H3. The lowest BCUT2D eigenvalue weighted by Gasteiger charge is -1.99. The average Bonchev–Trinajstić information content (AvgIpc) is 2.56. The normalized spacial score (nSPS) is 11.1. The highest BCUT2D eigenvalue weighted by atomic mass is 15.3. The maximum absolute atomic E-state index is 5.56. The summed E-state index contributed by atoms with van der Waals surface area (Å²) in [4.78, 5) is 0. The van der Waals surface area contributed by atoms with Crippen molar-refractivity contribution >= 4 is 10.9 Å². The molecule has 1 aromatic heterocycles. The minimum Gasteiger partial charge on any atom is -0.330 e.